The summed E-state index contributed by atoms with van der Waals surface area (Å²) in [5, 5.41) is 3.85. The zero-order valence-corrected chi connectivity index (χ0v) is 15.1. The van der Waals surface area contributed by atoms with Crippen LogP contribution in [-0.2, 0) is 4.74 Å². The zero-order chi connectivity index (χ0) is 16.4. The molecule has 0 bridgehead atoms. The predicted octanol–water partition coefficient (Wildman–Crippen LogP) is 3.94. The number of carbonyl (C=O) groups excluding carboxylic acids is 1. The lowest BCUT2D eigenvalue weighted by atomic mass is 9.87. The van der Waals surface area contributed by atoms with E-state index in [1.807, 2.05) is 25.7 Å². The molecule has 4 heteroatoms. The second-order valence-corrected chi connectivity index (χ2v) is 8.72. The smallest absolute Gasteiger partial charge is 0.410 e. The lowest BCUT2D eigenvalue weighted by Gasteiger charge is -2.34. The van der Waals surface area contributed by atoms with Crippen LogP contribution in [0.25, 0.3) is 0 Å². The van der Waals surface area contributed by atoms with Crippen molar-refractivity contribution in [2.75, 3.05) is 13.1 Å². The summed E-state index contributed by atoms with van der Waals surface area (Å²) in [5.41, 5.74) is -0.0389. The van der Waals surface area contributed by atoms with Gasteiger partial charge in [-0.25, -0.2) is 4.79 Å². The van der Waals surface area contributed by atoms with E-state index in [4.69, 9.17) is 4.74 Å². The van der Waals surface area contributed by atoms with Crippen LogP contribution in [0.15, 0.2) is 0 Å². The number of hydrogen-bond acceptors (Lipinski definition) is 3. The maximum absolute atomic E-state index is 12.4. The van der Waals surface area contributed by atoms with Crippen molar-refractivity contribution in [3.63, 3.8) is 0 Å². The molecule has 2 rings (SSSR count). The van der Waals surface area contributed by atoms with Gasteiger partial charge in [-0.1, -0.05) is 26.7 Å². The summed E-state index contributed by atoms with van der Waals surface area (Å²) in [4.78, 5) is 14.3. The third-order valence-electron chi connectivity index (χ3n) is 5.02. The molecule has 0 aromatic carbocycles. The Kier molecular flexibility index (Phi) is 5.41. The molecule has 4 nitrogen and oxygen atoms in total. The summed E-state index contributed by atoms with van der Waals surface area (Å²) in [7, 11) is 0. The molecule has 1 saturated heterocycles. The van der Waals surface area contributed by atoms with Crippen molar-refractivity contribution in [1.82, 2.24) is 10.2 Å². The first-order valence-corrected chi connectivity index (χ1v) is 8.91. The van der Waals surface area contributed by atoms with Crippen LogP contribution >= 0.6 is 0 Å². The molecular formula is C18H34N2O2. The van der Waals surface area contributed by atoms with Gasteiger partial charge in [-0.15, -0.1) is 0 Å². The fourth-order valence-corrected chi connectivity index (χ4v) is 3.69. The second kappa shape index (κ2) is 6.77. The molecule has 128 valence electrons. The quantitative estimate of drug-likeness (QED) is 0.840. The topological polar surface area (TPSA) is 41.6 Å². The molecule has 2 aliphatic rings. The molecule has 1 aliphatic heterocycles. The van der Waals surface area contributed by atoms with E-state index in [0.717, 1.165) is 25.9 Å². The third kappa shape index (κ3) is 4.87. The van der Waals surface area contributed by atoms with Gasteiger partial charge < -0.3 is 15.0 Å². The monoisotopic (exact) mass is 310 g/mol. The molecule has 0 spiro atoms. The molecule has 2 unspecified atom stereocenters. The SMILES string of the molecule is CC(C)(C)OC(=O)N1CCCCC(NC2CCCC2(C)C)C1. The first kappa shape index (κ1) is 17.6. The number of rotatable bonds is 2. The van der Waals surface area contributed by atoms with E-state index in [-0.39, 0.29) is 6.09 Å². The summed E-state index contributed by atoms with van der Waals surface area (Å²) in [6, 6.07) is 0.980. The molecule has 2 fully saturated rings. The van der Waals surface area contributed by atoms with Crippen LogP contribution in [0.1, 0.15) is 73.1 Å². The Hall–Kier alpha value is -0.770. The normalized spacial score (nSPS) is 29.2. The largest absolute Gasteiger partial charge is 0.444 e. The molecular weight excluding hydrogens is 276 g/mol. The average molecular weight is 310 g/mol. The lowest BCUT2D eigenvalue weighted by molar-refractivity contribution is 0.0239. The van der Waals surface area contributed by atoms with Crippen molar-refractivity contribution in [3.05, 3.63) is 0 Å². The predicted molar refractivity (Wildman–Crippen MR) is 90.0 cm³/mol. The zero-order valence-electron chi connectivity index (χ0n) is 15.1. The van der Waals surface area contributed by atoms with Gasteiger partial charge in [0.05, 0.1) is 0 Å². The van der Waals surface area contributed by atoms with E-state index in [2.05, 4.69) is 19.2 Å². The van der Waals surface area contributed by atoms with Gasteiger partial charge >= 0.3 is 6.09 Å². The number of nitrogens with zero attached hydrogens (tertiary/aromatic N) is 1. The van der Waals surface area contributed by atoms with Crippen LogP contribution in [-0.4, -0.2) is 41.8 Å². The van der Waals surface area contributed by atoms with E-state index in [1.54, 1.807) is 0 Å². The molecule has 22 heavy (non-hydrogen) atoms. The minimum absolute atomic E-state index is 0.160. The number of ether oxygens (including phenoxy) is 1. The Balaban J connectivity index is 1.94. The highest BCUT2D eigenvalue weighted by molar-refractivity contribution is 5.68. The Morgan fingerprint density at radius 2 is 1.91 bits per heavy atom. The van der Waals surface area contributed by atoms with Crippen molar-refractivity contribution in [3.8, 4) is 0 Å². The fourth-order valence-electron chi connectivity index (χ4n) is 3.69. The number of hydrogen-bond donors (Lipinski definition) is 1. The Morgan fingerprint density at radius 1 is 1.18 bits per heavy atom. The first-order valence-electron chi connectivity index (χ1n) is 8.91. The van der Waals surface area contributed by atoms with Crippen LogP contribution in [0.2, 0.25) is 0 Å². The lowest BCUT2D eigenvalue weighted by Crippen LogP contribution is -2.49. The second-order valence-electron chi connectivity index (χ2n) is 8.72. The van der Waals surface area contributed by atoms with E-state index in [0.29, 0.717) is 17.5 Å². The number of amides is 1. The van der Waals surface area contributed by atoms with Gasteiger partial charge in [0.25, 0.3) is 0 Å². The number of carbonyl (C=O) groups is 1. The average Bonchev–Trinajstić information content (AvgIpc) is 2.60. The highest BCUT2D eigenvalue weighted by Gasteiger charge is 2.36. The molecule has 1 amide bonds. The Bertz CT molecular complexity index is 387. The van der Waals surface area contributed by atoms with Crippen molar-refractivity contribution in [2.24, 2.45) is 5.41 Å². The summed E-state index contributed by atoms with van der Waals surface area (Å²) in [5.74, 6) is 0. The van der Waals surface area contributed by atoms with Crippen molar-refractivity contribution >= 4 is 6.09 Å². The van der Waals surface area contributed by atoms with E-state index in [9.17, 15) is 4.79 Å². The molecule has 1 heterocycles. The van der Waals surface area contributed by atoms with Crippen LogP contribution in [0, 0.1) is 5.41 Å². The maximum atomic E-state index is 12.4. The summed E-state index contributed by atoms with van der Waals surface area (Å²) in [6.07, 6.45) is 7.13. The van der Waals surface area contributed by atoms with E-state index < -0.39 is 5.60 Å². The molecule has 1 aliphatic carbocycles. The van der Waals surface area contributed by atoms with Gasteiger partial charge in [-0.05, 0) is 51.9 Å². The molecule has 1 saturated carbocycles. The minimum atomic E-state index is -0.417. The Morgan fingerprint density at radius 3 is 2.50 bits per heavy atom. The molecule has 0 aromatic heterocycles. The third-order valence-corrected chi connectivity index (χ3v) is 5.02. The van der Waals surface area contributed by atoms with Gasteiger partial charge in [0, 0.05) is 25.2 Å². The van der Waals surface area contributed by atoms with Gasteiger partial charge in [0.2, 0.25) is 0 Å². The van der Waals surface area contributed by atoms with Gasteiger partial charge in [-0.3, -0.25) is 0 Å². The van der Waals surface area contributed by atoms with Gasteiger partial charge in [0.15, 0.2) is 0 Å². The summed E-state index contributed by atoms with van der Waals surface area (Å²) in [6.45, 7) is 12.1. The van der Waals surface area contributed by atoms with Gasteiger partial charge in [-0.2, -0.15) is 0 Å². The number of likely N-dealkylation sites (tertiary alicyclic amines) is 1. The maximum Gasteiger partial charge on any atom is 0.410 e. The van der Waals surface area contributed by atoms with Crippen LogP contribution in [0.4, 0.5) is 4.79 Å². The fraction of sp³-hybridized carbons (Fsp3) is 0.944. The Labute approximate surface area is 136 Å². The minimum Gasteiger partial charge on any atom is -0.444 e. The highest BCUT2D eigenvalue weighted by Crippen LogP contribution is 2.37. The molecule has 0 radical (unpaired) electrons. The molecule has 1 N–H and O–H groups in total. The van der Waals surface area contributed by atoms with Crippen LogP contribution in [0.3, 0.4) is 0 Å². The number of nitrogens with one attached hydrogen (secondary N) is 1. The van der Waals surface area contributed by atoms with Crippen molar-refractivity contribution in [2.45, 2.75) is 90.8 Å². The van der Waals surface area contributed by atoms with E-state index in [1.165, 1.54) is 25.7 Å². The first-order chi connectivity index (χ1) is 10.2. The van der Waals surface area contributed by atoms with E-state index >= 15 is 0 Å². The standard InChI is InChI=1S/C18H34N2O2/c1-17(2,3)22-16(21)20-12-7-6-9-14(13-20)19-15-10-8-11-18(15,4)5/h14-15,19H,6-13H2,1-5H3. The highest BCUT2D eigenvalue weighted by atomic mass is 16.6. The van der Waals surface area contributed by atoms with Crippen LogP contribution < -0.4 is 5.32 Å². The van der Waals surface area contributed by atoms with Gasteiger partial charge in [0.1, 0.15) is 5.60 Å². The summed E-state index contributed by atoms with van der Waals surface area (Å²) >= 11 is 0. The molecule has 0 aromatic rings. The van der Waals surface area contributed by atoms with Crippen molar-refractivity contribution in [1.29, 1.82) is 0 Å². The molecule has 2 atom stereocenters. The van der Waals surface area contributed by atoms with Crippen LogP contribution in [0.5, 0.6) is 0 Å². The summed E-state index contributed by atoms with van der Waals surface area (Å²) < 4.78 is 5.55. The van der Waals surface area contributed by atoms with Crippen molar-refractivity contribution < 1.29 is 9.53 Å².